The van der Waals surface area contributed by atoms with Crippen LogP contribution in [0, 0.1) is 5.82 Å². The van der Waals surface area contributed by atoms with Crippen LogP contribution < -0.4 is 14.8 Å². The van der Waals surface area contributed by atoms with Crippen LogP contribution in [0.4, 0.5) is 10.1 Å². The lowest BCUT2D eigenvalue weighted by molar-refractivity contribution is 0.102. The number of benzene rings is 2. The Kier molecular flexibility index (Phi) is 5.93. The molecule has 6 nitrogen and oxygen atoms in total. The maximum absolute atomic E-state index is 13.5. The van der Waals surface area contributed by atoms with Gasteiger partial charge < -0.3 is 14.8 Å². The fourth-order valence-electron chi connectivity index (χ4n) is 2.95. The fraction of sp³-hybridized carbons (Fsp3) is 0.238. The number of nitrogens with one attached hydrogen (secondary N) is 2. The number of aromatic nitrogens is 2. The highest BCUT2D eigenvalue weighted by Gasteiger charge is 2.21. The summed E-state index contributed by atoms with van der Waals surface area (Å²) in [6.45, 7) is 2.03. The number of methoxy groups -OCH3 is 2. The van der Waals surface area contributed by atoms with Gasteiger partial charge >= 0.3 is 0 Å². The number of nitrogens with zero attached hydrogens (tertiary/aromatic N) is 1. The molecule has 0 saturated heterocycles. The lowest BCUT2D eigenvalue weighted by atomic mass is 10.1. The number of aromatic amines is 1. The van der Waals surface area contributed by atoms with Gasteiger partial charge in [0.05, 0.1) is 25.6 Å². The van der Waals surface area contributed by atoms with Crippen molar-refractivity contribution in [3.05, 3.63) is 59.5 Å². The predicted octanol–water partition coefficient (Wildman–Crippen LogP) is 4.44. The molecule has 0 unspecified atom stereocenters. The standard InChI is InChI=1S/C21H22FN3O3/c1-4-6-17-20(23-21(26)13-7-5-8-14(22)11-13)19(25-24-17)16-12-15(27-2)9-10-18(16)28-3/h5,7-12H,4,6H2,1-3H3,(H,23,26)(H,24,25). The van der Waals surface area contributed by atoms with Crippen LogP contribution in [0.2, 0.25) is 0 Å². The molecule has 28 heavy (non-hydrogen) atoms. The molecular weight excluding hydrogens is 361 g/mol. The third kappa shape index (κ3) is 3.98. The fourth-order valence-corrected chi connectivity index (χ4v) is 2.95. The molecule has 0 saturated carbocycles. The Bertz CT molecular complexity index is 985. The normalized spacial score (nSPS) is 10.6. The van der Waals surface area contributed by atoms with Crippen molar-refractivity contribution in [3.63, 3.8) is 0 Å². The second-order valence-electron chi connectivity index (χ2n) is 6.21. The van der Waals surface area contributed by atoms with Crippen LogP contribution in [0.15, 0.2) is 42.5 Å². The summed E-state index contributed by atoms with van der Waals surface area (Å²) in [6, 6.07) is 10.9. The van der Waals surface area contributed by atoms with E-state index in [2.05, 4.69) is 15.5 Å². The Labute approximate surface area is 162 Å². The molecule has 0 bridgehead atoms. The van der Waals surface area contributed by atoms with Crippen LogP contribution in [0.5, 0.6) is 11.5 Å². The van der Waals surface area contributed by atoms with Crippen LogP contribution in [0.25, 0.3) is 11.3 Å². The van der Waals surface area contributed by atoms with Gasteiger partial charge in [-0.05, 0) is 42.8 Å². The van der Waals surface area contributed by atoms with Gasteiger partial charge in [0.25, 0.3) is 5.91 Å². The third-order valence-electron chi connectivity index (χ3n) is 4.33. The lowest BCUT2D eigenvalue weighted by Crippen LogP contribution is -2.13. The van der Waals surface area contributed by atoms with Gasteiger partial charge in [-0.25, -0.2) is 4.39 Å². The minimum Gasteiger partial charge on any atom is -0.497 e. The zero-order valence-corrected chi connectivity index (χ0v) is 16.0. The summed E-state index contributed by atoms with van der Waals surface area (Å²) in [6.07, 6.45) is 1.55. The smallest absolute Gasteiger partial charge is 0.255 e. The van der Waals surface area contributed by atoms with Crippen molar-refractivity contribution in [1.82, 2.24) is 10.2 Å². The van der Waals surface area contributed by atoms with Gasteiger partial charge in [-0.2, -0.15) is 5.10 Å². The molecule has 0 aliphatic carbocycles. The van der Waals surface area contributed by atoms with Crippen molar-refractivity contribution in [1.29, 1.82) is 0 Å². The highest BCUT2D eigenvalue weighted by Crippen LogP contribution is 2.38. The third-order valence-corrected chi connectivity index (χ3v) is 4.33. The molecule has 0 spiro atoms. The van der Waals surface area contributed by atoms with Gasteiger partial charge in [0, 0.05) is 11.1 Å². The Balaban J connectivity index is 2.06. The molecule has 2 aromatic carbocycles. The van der Waals surface area contributed by atoms with Crippen LogP contribution in [-0.4, -0.2) is 30.3 Å². The van der Waals surface area contributed by atoms with Gasteiger partial charge in [-0.3, -0.25) is 9.89 Å². The minimum absolute atomic E-state index is 0.229. The summed E-state index contributed by atoms with van der Waals surface area (Å²) in [4.78, 5) is 12.7. The summed E-state index contributed by atoms with van der Waals surface area (Å²) in [5.41, 5.74) is 2.76. The summed E-state index contributed by atoms with van der Waals surface area (Å²) >= 11 is 0. The maximum Gasteiger partial charge on any atom is 0.255 e. The van der Waals surface area contributed by atoms with E-state index in [1.165, 1.54) is 18.2 Å². The molecule has 0 radical (unpaired) electrons. The number of carbonyl (C=O) groups excluding carboxylic acids is 1. The van der Waals surface area contributed by atoms with E-state index < -0.39 is 11.7 Å². The van der Waals surface area contributed by atoms with Gasteiger partial charge in [0.1, 0.15) is 23.0 Å². The van der Waals surface area contributed by atoms with E-state index in [-0.39, 0.29) is 5.56 Å². The van der Waals surface area contributed by atoms with Crippen molar-refractivity contribution in [2.75, 3.05) is 19.5 Å². The number of carbonyl (C=O) groups is 1. The SMILES string of the molecule is CCCc1[nH]nc(-c2cc(OC)ccc2OC)c1NC(=O)c1cccc(F)c1. The van der Waals surface area contributed by atoms with E-state index in [1.54, 1.807) is 38.5 Å². The number of H-pyrrole nitrogens is 1. The number of hydrogen-bond acceptors (Lipinski definition) is 4. The number of anilines is 1. The molecule has 1 amide bonds. The molecule has 3 aromatic rings. The predicted molar refractivity (Wildman–Crippen MR) is 105 cm³/mol. The first-order valence-corrected chi connectivity index (χ1v) is 8.94. The lowest BCUT2D eigenvalue weighted by Gasteiger charge is -2.12. The average Bonchev–Trinajstić information content (AvgIpc) is 3.09. The number of halogens is 1. The Morgan fingerprint density at radius 1 is 1.18 bits per heavy atom. The van der Waals surface area contributed by atoms with Gasteiger partial charge in [-0.15, -0.1) is 0 Å². The highest BCUT2D eigenvalue weighted by molar-refractivity contribution is 6.06. The first-order valence-electron chi connectivity index (χ1n) is 8.94. The van der Waals surface area contributed by atoms with Gasteiger partial charge in [0.15, 0.2) is 0 Å². The van der Waals surface area contributed by atoms with Gasteiger partial charge in [0.2, 0.25) is 0 Å². The Morgan fingerprint density at radius 3 is 2.68 bits per heavy atom. The Morgan fingerprint density at radius 2 is 2.00 bits per heavy atom. The number of hydrogen-bond donors (Lipinski definition) is 2. The molecule has 1 heterocycles. The summed E-state index contributed by atoms with van der Waals surface area (Å²) in [5.74, 6) is 0.347. The minimum atomic E-state index is -0.469. The largest absolute Gasteiger partial charge is 0.497 e. The number of aryl methyl sites for hydroxylation is 1. The molecule has 2 N–H and O–H groups in total. The van der Waals surface area contributed by atoms with E-state index in [0.717, 1.165) is 12.1 Å². The molecule has 146 valence electrons. The van der Waals surface area contributed by atoms with E-state index >= 15 is 0 Å². The zero-order chi connectivity index (χ0) is 20.1. The maximum atomic E-state index is 13.5. The van der Waals surface area contributed by atoms with Crippen molar-refractivity contribution in [3.8, 4) is 22.8 Å². The first-order chi connectivity index (χ1) is 13.6. The highest BCUT2D eigenvalue weighted by atomic mass is 19.1. The van der Waals surface area contributed by atoms with E-state index in [1.807, 2.05) is 6.92 Å². The molecule has 0 aliphatic rings. The van der Waals surface area contributed by atoms with Crippen LogP contribution in [0.1, 0.15) is 29.4 Å². The molecule has 7 heteroatoms. The van der Waals surface area contributed by atoms with Crippen molar-refractivity contribution in [2.24, 2.45) is 0 Å². The quantitative estimate of drug-likeness (QED) is 0.632. The van der Waals surface area contributed by atoms with Gasteiger partial charge in [-0.1, -0.05) is 19.4 Å². The monoisotopic (exact) mass is 383 g/mol. The summed E-state index contributed by atoms with van der Waals surface area (Å²) < 4.78 is 24.3. The summed E-state index contributed by atoms with van der Waals surface area (Å²) in [7, 11) is 3.14. The number of rotatable bonds is 7. The molecular formula is C21H22FN3O3. The second-order valence-corrected chi connectivity index (χ2v) is 6.21. The van der Waals surface area contributed by atoms with Crippen molar-refractivity contribution in [2.45, 2.75) is 19.8 Å². The molecule has 0 aliphatic heterocycles. The van der Waals surface area contributed by atoms with Crippen LogP contribution >= 0.6 is 0 Å². The second kappa shape index (κ2) is 8.56. The zero-order valence-electron chi connectivity index (χ0n) is 16.0. The van der Waals surface area contributed by atoms with E-state index in [0.29, 0.717) is 34.9 Å². The average molecular weight is 383 g/mol. The molecule has 0 fully saturated rings. The van der Waals surface area contributed by atoms with Crippen molar-refractivity contribution < 1.29 is 18.7 Å². The number of amides is 1. The Hall–Kier alpha value is -3.35. The molecule has 3 rings (SSSR count). The van der Waals surface area contributed by atoms with Crippen LogP contribution in [0.3, 0.4) is 0 Å². The summed E-state index contributed by atoms with van der Waals surface area (Å²) in [5, 5.41) is 10.3. The molecule has 0 atom stereocenters. The van der Waals surface area contributed by atoms with Crippen LogP contribution in [-0.2, 0) is 6.42 Å². The first kappa shape index (κ1) is 19.4. The topological polar surface area (TPSA) is 76.2 Å². The van der Waals surface area contributed by atoms with E-state index in [9.17, 15) is 9.18 Å². The van der Waals surface area contributed by atoms with Crippen molar-refractivity contribution >= 4 is 11.6 Å². The van der Waals surface area contributed by atoms with E-state index in [4.69, 9.17) is 9.47 Å². The molecule has 1 aromatic heterocycles. The number of ether oxygens (including phenoxy) is 2.